The third-order valence-corrected chi connectivity index (χ3v) is 4.12. The van der Waals surface area contributed by atoms with Gasteiger partial charge in [-0.3, -0.25) is 0 Å². The van der Waals surface area contributed by atoms with E-state index < -0.39 is 0 Å². The van der Waals surface area contributed by atoms with Crippen LogP contribution < -0.4 is 10.6 Å². The van der Waals surface area contributed by atoms with Crippen molar-refractivity contribution in [3.63, 3.8) is 0 Å². The maximum atomic E-state index is 5.82. The molecule has 1 saturated heterocycles. The molecule has 1 fully saturated rings. The van der Waals surface area contributed by atoms with Crippen molar-refractivity contribution >= 4 is 38.8 Å². The van der Waals surface area contributed by atoms with E-state index in [1.165, 1.54) is 0 Å². The van der Waals surface area contributed by atoms with Crippen molar-refractivity contribution in [2.75, 3.05) is 24.6 Å². The SMILES string of the molecule is CCOC1CCN(c2ccc(Br)cc2C(N)=S)CC1. The van der Waals surface area contributed by atoms with Gasteiger partial charge < -0.3 is 15.4 Å². The van der Waals surface area contributed by atoms with Gasteiger partial charge in [-0.25, -0.2) is 0 Å². The Kier molecular flexibility index (Phi) is 5.19. The minimum absolute atomic E-state index is 0.393. The van der Waals surface area contributed by atoms with Gasteiger partial charge in [0.15, 0.2) is 0 Å². The minimum atomic E-state index is 0.393. The molecule has 0 bridgehead atoms. The zero-order chi connectivity index (χ0) is 13.8. The van der Waals surface area contributed by atoms with Crippen LogP contribution in [0.1, 0.15) is 25.3 Å². The van der Waals surface area contributed by atoms with Crippen LogP contribution in [0.4, 0.5) is 5.69 Å². The first-order valence-corrected chi connectivity index (χ1v) is 7.78. The number of thiocarbonyl (C=S) groups is 1. The fourth-order valence-corrected chi connectivity index (χ4v) is 3.01. The first kappa shape index (κ1) is 14.8. The average Bonchev–Trinajstić information content (AvgIpc) is 2.40. The van der Waals surface area contributed by atoms with Crippen molar-refractivity contribution in [3.05, 3.63) is 28.2 Å². The van der Waals surface area contributed by atoms with E-state index in [0.29, 0.717) is 11.1 Å². The van der Waals surface area contributed by atoms with Crippen LogP contribution in [0.5, 0.6) is 0 Å². The predicted molar refractivity (Wildman–Crippen MR) is 86.9 cm³/mol. The lowest BCUT2D eigenvalue weighted by atomic mass is 10.0. The molecule has 0 radical (unpaired) electrons. The van der Waals surface area contributed by atoms with Crippen LogP contribution in [0.2, 0.25) is 0 Å². The van der Waals surface area contributed by atoms with Gasteiger partial charge in [-0.2, -0.15) is 0 Å². The Bertz CT molecular complexity index is 459. The molecule has 0 amide bonds. The molecule has 5 heteroatoms. The molecule has 0 unspecified atom stereocenters. The van der Waals surface area contributed by atoms with E-state index in [2.05, 4.69) is 26.9 Å². The maximum absolute atomic E-state index is 5.82. The van der Waals surface area contributed by atoms with Crippen LogP contribution in [-0.2, 0) is 4.74 Å². The molecule has 2 rings (SSSR count). The fourth-order valence-electron chi connectivity index (χ4n) is 2.48. The molecule has 0 atom stereocenters. The summed E-state index contributed by atoms with van der Waals surface area (Å²) in [5.41, 5.74) is 7.90. The number of hydrogen-bond donors (Lipinski definition) is 1. The third kappa shape index (κ3) is 3.68. The number of hydrogen-bond acceptors (Lipinski definition) is 3. The molecule has 1 aromatic rings. The topological polar surface area (TPSA) is 38.5 Å². The van der Waals surface area contributed by atoms with Gasteiger partial charge in [-0.05, 0) is 38.0 Å². The standard InChI is InChI=1S/C14H19BrN2OS/c1-2-18-11-5-7-17(8-6-11)13-4-3-10(15)9-12(13)14(16)19/h3-4,9,11H,2,5-8H2,1H3,(H2,16,19). The lowest BCUT2D eigenvalue weighted by molar-refractivity contribution is 0.0459. The average molecular weight is 343 g/mol. The number of ether oxygens (including phenoxy) is 1. The zero-order valence-corrected chi connectivity index (χ0v) is 13.5. The summed E-state index contributed by atoms with van der Waals surface area (Å²) in [6, 6.07) is 6.11. The van der Waals surface area contributed by atoms with Crippen LogP contribution in [0.25, 0.3) is 0 Å². The van der Waals surface area contributed by atoms with Gasteiger partial charge in [-0.1, -0.05) is 28.1 Å². The molecule has 2 N–H and O–H groups in total. The Morgan fingerprint density at radius 3 is 2.74 bits per heavy atom. The van der Waals surface area contributed by atoms with Gasteiger partial charge in [0, 0.05) is 35.4 Å². The highest BCUT2D eigenvalue weighted by Gasteiger charge is 2.21. The van der Waals surface area contributed by atoms with Crippen LogP contribution in [0.15, 0.2) is 22.7 Å². The summed E-state index contributed by atoms with van der Waals surface area (Å²) in [5.74, 6) is 0. The van der Waals surface area contributed by atoms with Gasteiger partial charge >= 0.3 is 0 Å². The molecule has 3 nitrogen and oxygen atoms in total. The summed E-state index contributed by atoms with van der Waals surface area (Å²) in [5, 5.41) is 0. The van der Waals surface area contributed by atoms with Gasteiger partial charge in [-0.15, -0.1) is 0 Å². The molecule has 0 spiro atoms. The highest BCUT2D eigenvalue weighted by Crippen LogP contribution is 2.27. The smallest absolute Gasteiger partial charge is 0.106 e. The molecule has 0 aliphatic carbocycles. The van der Waals surface area contributed by atoms with Crippen molar-refractivity contribution in [1.29, 1.82) is 0 Å². The number of halogens is 1. The van der Waals surface area contributed by atoms with Crippen LogP contribution >= 0.6 is 28.1 Å². The third-order valence-electron chi connectivity index (χ3n) is 3.41. The Hall–Kier alpha value is -0.650. The van der Waals surface area contributed by atoms with Crippen molar-refractivity contribution in [2.45, 2.75) is 25.9 Å². The normalized spacial score (nSPS) is 16.6. The summed E-state index contributed by atoms with van der Waals surface area (Å²) >= 11 is 8.61. The Labute approximate surface area is 128 Å². The van der Waals surface area contributed by atoms with E-state index >= 15 is 0 Å². The number of benzene rings is 1. The van der Waals surface area contributed by atoms with E-state index in [0.717, 1.165) is 48.3 Å². The first-order chi connectivity index (χ1) is 9.11. The molecule has 1 aliphatic heterocycles. The molecule has 0 saturated carbocycles. The molecule has 1 heterocycles. The zero-order valence-electron chi connectivity index (χ0n) is 11.1. The summed E-state index contributed by atoms with van der Waals surface area (Å²) in [6.07, 6.45) is 2.51. The second kappa shape index (κ2) is 6.68. The Morgan fingerprint density at radius 2 is 2.16 bits per heavy atom. The predicted octanol–water partition coefficient (Wildman–Crippen LogP) is 3.09. The molecule has 0 aromatic heterocycles. The van der Waals surface area contributed by atoms with E-state index in [1.807, 2.05) is 19.1 Å². The van der Waals surface area contributed by atoms with Crippen LogP contribution in [0.3, 0.4) is 0 Å². The van der Waals surface area contributed by atoms with Crippen LogP contribution in [0, 0.1) is 0 Å². The highest BCUT2D eigenvalue weighted by atomic mass is 79.9. The van der Waals surface area contributed by atoms with E-state index in [4.69, 9.17) is 22.7 Å². The summed E-state index contributed by atoms with van der Waals surface area (Å²) in [6.45, 7) is 4.82. The van der Waals surface area contributed by atoms with Gasteiger partial charge in [0.25, 0.3) is 0 Å². The second-order valence-electron chi connectivity index (χ2n) is 4.67. The maximum Gasteiger partial charge on any atom is 0.106 e. The molecule has 1 aliphatic rings. The summed E-state index contributed by atoms with van der Waals surface area (Å²) in [4.78, 5) is 2.79. The number of piperidine rings is 1. The van der Waals surface area contributed by atoms with Crippen molar-refractivity contribution in [3.8, 4) is 0 Å². The van der Waals surface area contributed by atoms with Crippen molar-refractivity contribution in [1.82, 2.24) is 0 Å². The lowest BCUT2D eigenvalue weighted by Crippen LogP contribution is -2.38. The monoisotopic (exact) mass is 342 g/mol. The Morgan fingerprint density at radius 1 is 1.47 bits per heavy atom. The van der Waals surface area contributed by atoms with Crippen LogP contribution in [-0.4, -0.2) is 30.8 Å². The van der Waals surface area contributed by atoms with Crippen molar-refractivity contribution < 1.29 is 4.74 Å². The molecule has 1 aromatic carbocycles. The van der Waals surface area contributed by atoms with E-state index in [1.54, 1.807) is 0 Å². The van der Waals surface area contributed by atoms with E-state index in [-0.39, 0.29) is 0 Å². The van der Waals surface area contributed by atoms with Gasteiger partial charge in [0.2, 0.25) is 0 Å². The van der Waals surface area contributed by atoms with Crippen molar-refractivity contribution in [2.24, 2.45) is 5.73 Å². The molecular formula is C14H19BrN2OS. The highest BCUT2D eigenvalue weighted by molar-refractivity contribution is 9.10. The summed E-state index contributed by atoms with van der Waals surface area (Å²) < 4.78 is 6.68. The van der Waals surface area contributed by atoms with E-state index in [9.17, 15) is 0 Å². The van der Waals surface area contributed by atoms with Gasteiger partial charge in [0.1, 0.15) is 4.99 Å². The number of nitrogens with two attached hydrogens (primary N) is 1. The summed E-state index contributed by atoms with van der Waals surface area (Å²) in [7, 11) is 0. The fraction of sp³-hybridized carbons (Fsp3) is 0.500. The first-order valence-electron chi connectivity index (χ1n) is 6.57. The molecular weight excluding hydrogens is 324 g/mol. The largest absolute Gasteiger partial charge is 0.389 e. The lowest BCUT2D eigenvalue weighted by Gasteiger charge is -2.34. The number of rotatable bonds is 4. The molecule has 104 valence electrons. The number of anilines is 1. The minimum Gasteiger partial charge on any atom is -0.389 e. The second-order valence-corrected chi connectivity index (χ2v) is 6.02. The Balaban J connectivity index is 2.13. The van der Waals surface area contributed by atoms with Gasteiger partial charge in [0.05, 0.1) is 6.10 Å². The number of nitrogens with zero attached hydrogens (tertiary/aromatic N) is 1. The molecule has 19 heavy (non-hydrogen) atoms. The quantitative estimate of drug-likeness (QED) is 0.853.